The van der Waals surface area contributed by atoms with Crippen LogP contribution in [0, 0.1) is 5.92 Å². The van der Waals surface area contributed by atoms with Crippen LogP contribution in [0.1, 0.15) is 33.1 Å². The third-order valence-electron chi connectivity index (χ3n) is 4.64. The SMILES string of the molecule is CCN=C(NC(CC)CS(=O)(=O)c1ccccc1)N(C)CCOCC1CC1.I. The minimum absolute atomic E-state index is 0. The Hall–Kier alpha value is -0.870. The van der Waals surface area contributed by atoms with Gasteiger partial charge in [-0.1, -0.05) is 25.1 Å². The van der Waals surface area contributed by atoms with Gasteiger partial charge in [-0.15, -0.1) is 24.0 Å². The van der Waals surface area contributed by atoms with E-state index in [-0.39, 0.29) is 35.8 Å². The van der Waals surface area contributed by atoms with Gasteiger partial charge in [-0.3, -0.25) is 4.99 Å². The molecule has 1 aromatic rings. The molecule has 0 aromatic heterocycles. The van der Waals surface area contributed by atoms with Crippen molar-refractivity contribution in [1.29, 1.82) is 0 Å². The highest BCUT2D eigenvalue weighted by Crippen LogP contribution is 2.28. The van der Waals surface area contributed by atoms with Crippen LogP contribution in [0.5, 0.6) is 0 Å². The molecule has 0 spiro atoms. The van der Waals surface area contributed by atoms with Gasteiger partial charge in [0.1, 0.15) is 0 Å². The average molecular weight is 523 g/mol. The molecule has 0 saturated heterocycles. The molecule has 1 aliphatic carbocycles. The summed E-state index contributed by atoms with van der Waals surface area (Å²) in [7, 11) is -1.38. The van der Waals surface area contributed by atoms with E-state index in [1.54, 1.807) is 24.3 Å². The van der Waals surface area contributed by atoms with E-state index in [2.05, 4.69) is 10.3 Å². The topological polar surface area (TPSA) is 71.0 Å². The Kier molecular flexibility index (Phi) is 11.4. The third kappa shape index (κ3) is 8.65. The van der Waals surface area contributed by atoms with Gasteiger partial charge in [-0.25, -0.2) is 8.42 Å². The number of guanidine groups is 1. The van der Waals surface area contributed by atoms with Gasteiger partial charge in [-0.2, -0.15) is 0 Å². The Balaban J connectivity index is 0.00000392. The monoisotopic (exact) mass is 523 g/mol. The zero-order chi connectivity index (χ0) is 19.7. The molecule has 160 valence electrons. The van der Waals surface area contributed by atoms with Crippen LogP contribution in [0.25, 0.3) is 0 Å². The molecule has 1 atom stereocenters. The molecule has 8 heteroatoms. The molecule has 1 fully saturated rings. The number of likely N-dealkylation sites (N-methyl/N-ethyl adjacent to an activating group) is 1. The van der Waals surface area contributed by atoms with Gasteiger partial charge in [-0.05, 0) is 44.2 Å². The molecule has 0 aliphatic heterocycles. The third-order valence-corrected chi connectivity index (χ3v) is 6.47. The summed E-state index contributed by atoms with van der Waals surface area (Å²) in [5.41, 5.74) is 0. The molecule has 1 saturated carbocycles. The number of halogens is 1. The molecule has 6 nitrogen and oxygen atoms in total. The molecule has 0 amide bonds. The summed E-state index contributed by atoms with van der Waals surface area (Å²) in [5.74, 6) is 1.52. The number of hydrogen-bond donors (Lipinski definition) is 1. The second kappa shape index (κ2) is 12.6. The highest BCUT2D eigenvalue weighted by Gasteiger charge is 2.23. The van der Waals surface area contributed by atoms with Crippen molar-refractivity contribution in [2.75, 3.05) is 39.1 Å². The first-order valence-electron chi connectivity index (χ1n) is 9.84. The lowest BCUT2D eigenvalue weighted by molar-refractivity contribution is 0.115. The molecule has 28 heavy (non-hydrogen) atoms. The summed E-state index contributed by atoms with van der Waals surface area (Å²) in [6.07, 6.45) is 3.27. The fourth-order valence-corrected chi connectivity index (χ4v) is 4.31. The molecule has 0 radical (unpaired) electrons. The van der Waals surface area contributed by atoms with Crippen LogP contribution in [0.4, 0.5) is 0 Å². The van der Waals surface area contributed by atoms with Crippen molar-refractivity contribution in [3.8, 4) is 0 Å². The maximum absolute atomic E-state index is 12.7. The number of rotatable bonds is 11. The molecule has 1 unspecified atom stereocenters. The van der Waals surface area contributed by atoms with Gasteiger partial charge >= 0.3 is 0 Å². The Morgan fingerprint density at radius 2 is 1.96 bits per heavy atom. The maximum atomic E-state index is 12.7. The Morgan fingerprint density at radius 1 is 1.29 bits per heavy atom. The summed E-state index contributed by atoms with van der Waals surface area (Å²) in [6.45, 7) is 6.81. The fraction of sp³-hybridized carbons (Fsp3) is 0.650. The van der Waals surface area contributed by atoms with Gasteiger partial charge in [0.25, 0.3) is 0 Å². The summed E-state index contributed by atoms with van der Waals surface area (Å²) in [4.78, 5) is 6.89. The first kappa shape index (κ1) is 25.2. The van der Waals surface area contributed by atoms with E-state index in [0.29, 0.717) is 24.5 Å². The predicted octanol–water partition coefficient (Wildman–Crippen LogP) is 3.18. The number of nitrogens with zero attached hydrogens (tertiary/aromatic N) is 2. The quantitative estimate of drug-likeness (QED) is 0.209. The summed E-state index contributed by atoms with van der Waals surface area (Å²) in [6, 6.07) is 8.41. The van der Waals surface area contributed by atoms with Crippen LogP contribution < -0.4 is 5.32 Å². The zero-order valence-electron chi connectivity index (χ0n) is 17.1. The fourth-order valence-electron chi connectivity index (χ4n) is 2.70. The maximum Gasteiger partial charge on any atom is 0.193 e. The van der Waals surface area contributed by atoms with Crippen molar-refractivity contribution < 1.29 is 13.2 Å². The lowest BCUT2D eigenvalue weighted by Gasteiger charge is -2.26. The van der Waals surface area contributed by atoms with Crippen molar-refractivity contribution in [3.05, 3.63) is 30.3 Å². The molecule has 0 heterocycles. The highest BCUT2D eigenvalue weighted by atomic mass is 127. The average Bonchev–Trinajstić information content (AvgIpc) is 3.49. The summed E-state index contributed by atoms with van der Waals surface area (Å²) >= 11 is 0. The summed E-state index contributed by atoms with van der Waals surface area (Å²) < 4.78 is 31.1. The minimum atomic E-state index is -3.34. The molecular weight excluding hydrogens is 489 g/mol. The predicted molar refractivity (Wildman–Crippen MR) is 125 cm³/mol. The van der Waals surface area contributed by atoms with Crippen molar-refractivity contribution in [2.24, 2.45) is 10.9 Å². The second-order valence-corrected chi connectivity index (χ2v) is 9.12. The molecular formula is C20H34IN3O3S. The van der Waals surface area contributed by atoms with Gasteiger partial charge < -0.3 is 15.0 Å². The molecule has 0 bridgehead atoms. The van der Waals surface area contributed by atoms with Gasteiger partial charge in [0.15, 0.2) is 15.8 Å². The van der Waals surface area contributed by atoms with E-state index in [1.165, 1.54) is 12.8 Å². The van der Waals surface area contributed by atoms with Crippen molar-refractivity contribution in [2.45, 2.75) is 44.0 Å². The van der Waals surface area contributed by atoms with Crippen molar-refractivity contribution >= 4 is 39.8 Å². The Morgan fingerprint density at radius 3 is 2.54 bits per heavy atom. The van der Waals surface area contributed by atoms with Crippen LogP contribution in [-0.2, 0) is 14.6 Å². The van der Waals surface area contributed by atoms with E-state index in [9.17, 15) is 8.42 Å². The first-order chi connectivity index (χ1) is 13.0. The zero-order valence-corrected chi connectivity index (χ0v) is 20.3. The van der Waals surface area contributed by atoms with E-state index in [1.807, 2.05) is 31.9 Å². The largest absolute Gasteiger partial charge is 0.379 e. The molecule has 1 aliphatic rings. The Bertz CT molecular complexity index is 694. The number of hydrogen-bond acceptors (Lipinski definition) is 4. The van der Waals surface area contributed by atoms with Crippen LogP contribution >= 0.6 is 24.0 Å². The smallest absolute Gasteiger partial charge is 0.193 e. The van der Waals surface area contributed by atoms with Crippen molar-refractivity contribution in [1.82, 2.24) is 10.2 Å². The normalized spacial score (nSPS) is 15.6. The molecule has 1 N–H and O–H groups in total. The number of sulfone groups is 1. The van der Waals surface area contributed by atoms with E-state index in [4.69, 9.17) is 4.74 Å². The Labute approximate surface area is 187 Å². The first-order valence-corrected chi connectivity index (χ1v) is 11.5. The summed E-state index contributed by atoms with van der Waals surface area (Å²) in [5, 5.41) is 3.33. The number of ether oxygens (including phenoxy) is 1. The van der Waals surface area contributed by atoms with E-state index < -0.39 is 9.84 Å². The van der Waals surface area contributed by atoms with Crippen LogP contribution in [0.3, 0.4) is 0 Å². The highest BCUT2D eigenvalue weighted by molar-refractivity contribution is 14.0. The standard InChI is InChI=1S/C20H33N3O3S.HI/c1-4-18(16-27(24,25)19-9-7-6-8-10-19)22-20(21-5-2)23(3)13-14-26-15-17-11-12-17;/h6-10,17-18H,4-5,11-16H2,1-3H3,(H,21,22);1H. The van der Waals surface area contributed by atoms with Gasteiger partial charge in [0.05, 0.1) is 17.3 Å². The second-order valence-electron chi connectivity index (χ2n) is 7.08. The number of aliphatic imine (C=N–C) groups is 1. The van der Waals surface area contributed by atoms with Crippen LogP contribution in [0.2, 0.25) is 0 Å². The number of nitrogens with one attached hydrogen (secondary N) is 1. The molecule has 1 aromatic carbocycles. The van der Waals surface area contributed by atoms with E-state index >= 15 is 0 Å². The number of benzene rings is 1. The van der Waals surface area contributed by atoms with Gasteiger partial charge in [0.2, 0.25) is 0 Å². The van der Waals surface area contributed by atoms with Crippen LogP contribution in [-0.4, -0.2) is 64.4 Å². The lowest BCUT2D eigenvalue weighted by Crippen LogP contribution is -2.47. The lowest BCUT2D eigenvalue weighted by atomic mass is 10.2. The minimum Gasteiger partial charge on any atom is -0.379 e. The van der Waals surface area contributed by atoms with Gasteiger partial charge in [0, 0.05) is 32.8 Å². The van der Waals surface area contributed by atoms with E-state index in [0.717, 1.165) is 25.0 Å². The molecule has 2 rings (SSSR count). The van der Waals surface area contributed by atoms with Crippen molar-refractivity contribution in [3.63, 3.8) is 0 Å². The van der Waals surface area contributed by atoms with Crippen LogP contribution in [0.15, 0.2) is 40.2 Å².